The Morgan fingerprint density at radius 3 is 2.59 bits per heavy atom. The van der Waals surface area contributed by atoms with E-state index in [9.17, 15) is 4.79 Å². The zero-order valence-corrected chi connectivity index (χ0v) is 20.5. The van der Waals surface area contributed by atoms with Crippen LogP contribution in [0.1, 0.15) is 18.7 Å². The van der Waals surface area contributed by atoms with E-state index in [2.05, 4.69) is 30.5 Å². The molecule has 1 N–H and O–H groups in total. The van der Waals surface area contributed by atoms with E-state index in [4.69, 9.17) is 11.6 Å². The van der Waals surface area contributed by atoms with Gasteiger partial charge in [0, 0.05) is 23.1 Å². The maximum atomic E-state index is 14.2. The van der Waals surface area contributed by atoms with Gasteiger partial charge < -0.3 is 5.32 Å². The first-order chi connectivity index (χ1) is 18.1. The molecule has 8 nitrogen and oxygen atoms in total. The van der Waals surface area contributed by atoms with Crippen LogP contribution in [0.4, 0.5) is 5.82 Å². The highest BCUT2D eigenvalue weighted by atomic mass is 35.5. The standard InChI is InChI=1S/C28H20ClN7O/c1-17(33-26-25-22(11-6-13-30-25)34-28(29)35-26)23-15-18-7-5-10-21(19-12-14-31-32-16-19)24(18)27(37)36(23)20-8-3-2-4-9-20/h2-17H,1H3,(H,33,34,35)/t17-/m0/s1. The van der Waals surface area contributed by atoms with Gasteiger partial charge >= 0.3 is 0 Å². The molecule has 4 heterocycles. The maximum Gasteiger partial charge on any atom is 0.263 e. The lowest BCUT2D eigenvalue weighted by Gasteiger charge is -2.22. The Morgan fingerprint density at radius 2 is 1.78 bits per heavy atom. The minimum absolute atomic E-state index is 0.116. The number of pyridine rings is 2. The molecule has 0 aliphatic heterocycles. The number of anilines is 1. The van der Waals surface area contributed by atoms with Crippen LogP contribution in [-0.4, -0.2) is 29.7 Å². The summed E-state index contributed by atoms with van der Waals surface area (Å²) in [5.41, 5.74) is 4.23. The molecule has 2 aromatic carbocycles. The van der Waals surface area contributed by atoms with E-state index >= 15 is 0 Å². The summed E-state index contributed by atoms with van der Waals surface area (Å²) in [4.78, 5) is 27.3. The van der Waals surface area contributed by atoms with Crippen molar-refractivity contribution in [2.24, 2.45) is 0 Å². The Balaban J connectivity index is 1.57. The lowest BCUT2D eigenvalue weighted by molar-refractivity contribution is 0.774. The second kappa shape index (κ2) is 9.40. The second-order valence-corrected chi connectivity index (χ2v) is 8.86. The number of halogens is 1. The molecule has 0 amide bonds. The molecular weight excluding hydrogens is 486 g/mol. The fourth-order valence-corrected chi connectivity index (χ4v) is 4.73. The number of aromatic nitrogens is 6. The Labute approximate surface area is 216 Å². The molecule has 37 heavy (non-hydrogen) atoms. The number of hydrogen-bond acceptors (Lipinski definition) is 7. The molecule has 1 atom stereocenters. The summed E-state index contributed by atoms with van der Waals surface area (Å²) >= 11 is 6.20. The predicted molar refractivity (Wildman–Crippen MR) is 145 cm³/mol. The topological polar surface area (TPSA) is 98.5 Å². The van der Waals surface area contributed by atoms with Gasteiger partial charge in [-0.2, -0.15) is 15.2 Å². The molecule has 6 rings (SSSR count). The smallest absolute Gasteiger partial charge is 0.263 e. The summed E-state index contributed by atoms with van der Waals surface area (Å²) in [6.45, 7) is 1.97. The van der Waals surface area contributed by atoms with Crippen LogP contribution in [0.5, 0.6) is 0 Å². The molecule has 0 aliphatic carbocycles. The van der Waals surface area contributed by atoms with Crippen LogP contribution in [0.2, 0.25) is 5.28 Å². The highest BCUT2D eigenvalue weighted by Crippen LogP contribution is 2.30. The molecule has 0 fully saturated rings. The first-order valence-electron chi connectivity index (χ1n) is 11.7. The zero-order chi connectivity index (χ0) is 25.4. The monoisotopic (exact) mass is 505 g/mol. The third-order valence-corrected chi connectivity index (χ3v) is 6.38. The Morgan fingerprint density at radius 1 is 0.919 bits per heavy atom. The largest absolute Gasteiger partial charge is 0.360 e. The van der Waals surface area contributed by atoms with Gasteiger partial charge in [0.2, 0.25) is 5.28 Å². The number of nitrogens with zero attached hydrogens (tertiary/aromatic N) is 6. The first kappa shape index (κ1) is 22.8. The summed E-state index contributed by atoms with van der Waals surface area (Å²) in [7, 11) is 0. The van der Waals surface area contributed by atoms with E-state index in [1.54, 1.807) is 29.2 Å². The number of fused-ring (bicyclic) bond motifs is 2. The van der Waals surface area contributed by atoms with Crippen molar-refractivity contribution < 1.29 is 0 Å². The SMILES string of the molecule is C[C@H](Nc1nc(Cl)nc2cccnc12)c1cc2cccc(-c3ccnnc3)c2c(=O)n1-c1ccccc1. The minimum atomic E-state index is -0.334. The van der Waals surface area contributed by atoms with Gasteiger partial charge in [-0.3, -0.25) is 14.3 Å². The van der Waals surface area contributed by atoms with Gasteiger partial charge in [-0.15, -0.1) is 0 Å². The number of nitrogens with one attached hydrogen (secondary N) is 1. The van der Waals surface area contributed by atoms with E-state index < -0.39 is 0 Å². The molecule has 0 spiro atoms. The van der Waals surface area contributed by atoms with Crippen LogP contribution < -0.4 is 10.9 Å². The van der Waals surface area contributed by atoms with Gasteiger partial charge in [-0.1, -0.05) is 36.4 Å². The predicted octanol–water partition coefficient (Wildman–Crippen LogP) is 5.61. The Hall–Kier alpha value is -4.69. The summed E-state index contributed by atoms with van der Waals surface area (Å²) in [6, 6.07) is 22.6. The van der Waals surface area contributed by atoms with E-state index in [1.807, 2.05) is 73.7 Å². The van der Waals surface area contributed by atoms with E-state index in [0.29, 0.717) is 22.2 Å². The molecule has 0 radical (unpaired) electrons. The number of para-hydroxylation sites is 1. The normalized spacial score (nSPS) is 12.1. The summed E-state index contributed by atoms with van der Waals surface area (Å²) in [5, 5.41) is 12.8. The van der Waals surface area contributed by atoms with Crippen LogP contribution in [0.25, 0.3) is 38.6 Å². The molecular formula is C28H20ClN7O. The second-order valence-electron chi connectivity index (χ2n) is 8.52. The first-order valence-corrected chi connectivity index (χ1v) is 12.0. The highest BCUT2D eigenvalue weighted by Gasteiger charge is 2.20. The van der Waals surface area contributed by atoms with Crippen LogP contribution in [0.15, 0.2) is 96.2 Å². The summed E-state index contributed by atoms with van der Waals surface area (Å²) < 4.78 is 1.73. The fraction of sp³-hybridized carbons (Fsp3) is 0.0714. The van der Waals surface area contributed by atoms with Crippen molar-refractivity contribution in [2.45, 2.75) is 13.0 Å². The van der Waals surface area contributed by atoms with Gasteiger partial charge in [-0.05, 0) is 65.9 Å². The highest BCUT2D eigenvalue weighted by molar-refractivity contribution is 6.28. The van der Waals surface area contributed by atoms with Crippen molar-refractivity contribution in [3.63, 3.8) is 0 Å². The molecule has 6 aromatic rings. The quantitative estimate of drug-likeness (QED) is 0.304. The van der Waals surface area contributed by atoms with Crippen LogP contribution in [0, 0.1) is 0 Å². The fourth-order valence-electron chi connectivity index (χ4n) is 4.55. The van der Waals surface area contributed by atoms with Gasteiger partial charge in [-0.25, -0.2) is 4.98 Å². The maximum absolute atomic E-state index is 14.2. The van der Waals surface area contributed by atoms with Crippen molar-refractivity contribution in [3.05, 3.63) is 113 Å². The molecule has 180 valence electrons. The molecule has 4 aromatic heterocycles. The zero-order valence-electron chi connectivity index (χ0n) is 19.7. The van der Waals surface area contributed by atoms with Gasteiger partial charge in [0.15, 0.2) is 5.82 Å². The van der Waals surface area contributed by atoms with Crippen LogP contribution >= 0.6 is 11.6 Å². The number of benzene rings is 2. The lowest BCUT2D eigenvalue weighted by atomic mass is 9.99. The minimum Gasteiger partial charge on any atom is -0.360 e. The van der Waals surface area contributed by atoms with Gasteiger partial charge in [0.25, 0.3) is 5.56 Å². The molecule has 0 unspecified atom stereocenters. The Kier molecular flexibility index (Phi) is 5.78. The van der Waals surface area contributed by atoms with Gasteiger partial charge in [0.1, 0.15) is 5.52 Å². The average molecular weight is 506 g/mol. The van der Waals surface area contributed by atoms with Crippen molar-refractivity contribution in [1.82, 2.24) is 29.7 Å². The lowest BCUT2D eigenvalue weighted by Crippen LogP contribution is -2.26. The molecule has 0 saturated carbocycles. The summed E-state index contributed by atoms with van der Waals surface area (Å²) in [5.74, 6) is 0.492. The van der Waals surface area contributed by atoms with E-state index in [0.717, 1.165) is 27.9 Å². The molecule has 0 aliphatic rings. The van der Waals surface area contributed by atoms with Crippen molar-refractivity contribution in [1.29, 1.82) is 0 Å². The molecule has 0 bridgehead atoms. The summed E-state index contributed by atoms with van der Waals surface area (Å²) in [6.07, 6.45) is 4.96. The van der Waals surface area contributed by atoms with Gasteiger partial charge in [0.05, 0.1) is 29.3 Å². The van der Waals surface area contributed by atoms with Crippen LogP contribution in [0.3, 0.4) is 0 Å². The van der Waals surface area contributed by atoms with Crippen LogP contribution in [-0.2, 0) is 0 Å². The van der Waals surface area contributed by atoms with Crippen molar-refractivity contribution in [2.75, 3.05) is 5.32 Å². The average Bonchev–Trinajstić information content (AvgIpc) is 2.93. The van der Waals surface area contributed by atoms with E-state index in [1.165, 1.54) is 0 Å². The van der Waals surface area contributed by atoms with Crippen molar-refractivity contribution in [3.8, 4) is 16.8 Å². The molecule has 9 heteroatoms. The third kappa shape index (κ3) is 4.17. The van der Waals surface area contributed by atoms with Crippen molar-refractivity contribution >= 4 is 39.2 Å². The third-order valence-electron chi connectivity index (χ3n) is 6.21. The number of rotatable bonds is 5. The molecule has 0 saturated heterocycles. The number of hydrogen-bond donors (Lipinski definition) is 1. The van der Waals surface area contributed by atoms with E-state index in [-0.39, 0.29) is 16.9 Å². The Bertz CT molecular complexity index is 1810.